The van der Waals surface area contributed by atoms with Crippen molar-refractivity contribution in [2.75, 3.05) is 51.1 Å². The van der Waals surface area contributed by atoms with Gasteiger partial charge in [0.15, 0.2) is 0 Å². The van der Waals surface area contributed by atoms with Crippen molar-refractivity contribution in [2.45, 2.75) is 39.2 Å². The van der Waals surface area contributed by atoms with E-state index in [-0.39, 0.29) is 17.9 Å². The molecule has 0 bridgehead atoms. The van der Waals surface area contributed by atoms with Crippen molar-refractivity contribution in [3.8, 4) is 0 Å². The van der Waals surface area contributed by atoms with Gasteiger partial charge in [-0.2, -0.15) is 0 Å². The Morgan fingerprint density at radius 3 is 2.39 bits per heavy atom. The molecule has 0 spiro atoms. The van der Waals surface area contributed by atoms with Gasteiger partial charge < -0.3 is 10.2 Å². The SMILES string of the molecule is Cc1ccc(NC(=O)[C@H](C)N2CCN(CC(=O)N3CCCCC3)CC2)c(Br)c1. The number of hydrogen-bond acceptors (Lipinski definition) is 4. The smallest absolute Gasteiger partial charge is 0.241 e. The molecule has 3 rings (SSSR count). The van der Waals surface area contributed by atoms with Gasteiger partial charge in [0, 0.05) is 43.7 Å². The number of carbonyl (C=O) groups is 2. The van der Waals surface area contributed by atoms with Crippen molar-refractivity contribution in [3.63, 3.8) is 0 Å². The van der Waals surface area contributed by atoms with Gasteiger partial charge in [0.25, 0.3) is 0 Å². The fraction of sp³-hybridized carbons (Fsp3) is 0.619. The Kier molecular flexibility index (Phi) is 7.48. The molecule has 1 N–H and O–H groups in total. The first-order valence-corrected chi connectivity index (χ1v) is 11.0. The number of nitrogens with zero attached hydrogens (tertiary/aromatic N) is 3. The van der Waals surface area contributed by atoms with Crippen LogP contribution in [0.25, 0.3) is 0 Å². The highest BCUT2D eigenvalue weighted by atomic mass is 79.9. The van der Waals surface area contributed by atoms with Crippen LogP contribution < -0.4 is 5.32 Å². The van der Waals surface area contributed by atoms with Crippen LogP contribution in [0.2, 0.25) is 0 Å². The van der Waals surface area contributed by atoms with Gasteiger partial charge in [-0.15, -0.1) is 0 Å². The Morgan fingerprint density at radius 2 is 1.75 bits per heavy atom. The summed E-state index contributed by atoms with van der Waals surface area (Å²) in [6.07, 6.45) is 3.49. The standard InChI is InChI=1S/C21H31BrN4O2/c1-16-6-7-19(18(22)14-16)23-21(28)17(2)25-12-10-24(11-13-25)15-20(27)26-8-4-3-5-9-26/h6-7,14,17H,3-5,8-13,15H2,1-2H3,(H,23,28)/t17-/m0/s1. The third-order valence-electron chi connectivity index (χ3n) is 5.78. The number of aryl methyl sites for hydroxylation is 1. The number of nitrogens with one attached hydrogen (secondary N) is 1. The molecule has 28 heavy (non-hydrogen) atoms. The molecule has 0 aliphatic carbocycles. The minimum atomic E-state index is -0.201. The molecule has 1 atom stereocenters. The van der Waals surface area contributed by atoms with E-state index in [0.29, 0.717) is 6.54 Å². The summed E-state index contributed by atoms with van der Waals surface area (Å²) in [4.78, 5) is 31.5. The first kappa shape index (κ1) is 21.3. The molecule has 6 nitrogen and oxygen atoms in total. The lowest BCUT2D eigenvalue weighted by Gasteiger charge is -2.38. The third-order valence-corrected chi connectivity index (χ3v) is 6.44. The molecule has 2 aliphatic rings. The molecule has 7 heteroatoms. The van der Waals surface area contributed by atoms with E-state index in [1.54, 1.807) is 0 Å². The van der Waals surface area contributed by atoms with E-state index >= 15 is 0 Å². The van der Waals surface area contributed by atoms with E-state index in [1.165, 1.54) is 6.42 Å². The molecule has 1 aromatic rings. The van der Waals surface area contributed by atoms with Gasteiger partial charge in [-0.3, -0.25) is 19.4 Å². The molecule has 2 amide bonds. The zero-order valence-electron chi connectivity index (χ0n) is 16.9. The molecule has 2 aliphatic heterocycles. The van der Waals surface area contributed by atoms with Crippen LogP contribution >= 0.6 is 15.9 Å². The number of piperazine rings is 1. The van der Waals surface area contributed by atoms with E-state index in [4.69, 9.17) is 0 Å². The highest BCUT2D eigenvalue weighted by Gasteiger charge is 2.27. The highest BCUT2D eigenvalue weighted by molar-refractivity contribution is 9.10. The predicted octanol–water partition coefficient (Wildman–Crippen LogP) is 2.71. The van der Waals surface area contributed by atoms with Gasteiger partial charge >= 0.3 is 0 Å². The molecule has 0 unspecified atom stereocenters. The average Bonchev–Trinajstić information content (AvgIpc) is 2.70. The summed E-state index contributed by atoms with van der Waals surface area (Å²) in [5.74, 6) is 0.255. The van der Waals surface area contributed by atoms with E-state index in [0.717, 1.165) is 67.8 Å². The van der Waals surface area contributed by atoms with Gasteiger partial charge in [0.2, 0.25) is 11.8 Å². The monoisotopic (exact) mass is 450 g/mol. The summed E-state index contributed by atoms with van der Waals surface area (Å²) in [5, 5.41) is 3.02. The van der Waals surface area contributed by atoms with Gasteiger partial charge in [0.05, 0.1) is 18.3 Å². The number of likely N-dealkylation sites (tertiary alicyclic amines) is 1. The van der Waals surface area contributed by atoms with Crippen molar-refractivity contribution in [2.24, 2.45) is 0 Å². The zero-order valence-corrected chi connectivity index (χ0v) is 18.5. The van der Waals surface area contributed by atoms with E-state index < -0.39 is 0 Å². The summed E-state index contributed by atoms with van der Waals surface area (Å²) < 4.78 is 0.897. The van der Waals surface area contributed by atoms with Gasteiger partial charge in [-0.25, -0.2) is 0 Å². The van der Waals surface area contributed by atoms with Crippen LogP contribution in [0.15, 0.2) is 22.7 Å². The Bertz CT molecular complexity index is 698. The first-order valence-electron chi connectivity index (χ1n) is 10.3. The molecule has 1 aromatic carbocycles. The number of benzene rings is 1. The number of piperidine rings is 1. The fourth-order valence-corrected chi connectivity index (χ4v) is 4.46. The molecule has 0 saturated carbocycles. The fourth-order valence-electron chi connectivity index (χ4n) is 3.87. The number of anilines is 1. The molecular formula is C21H31BrN4O2. The number of carbonyl (C=O) groups excluding carboxylic acids is 2. The maximum atomic E-state index is 12.7. The quantitative estimate of drug-likeness (QED) is 0.748. The van der Waals surface area contributed by atoms with Crippen LogP contribution in [0, 0.1) is 6.92 Å². The number of halogens is 1. The molecular weight excluding hydrogens is 420 g/mol. The van der Waals surface area contributed by atoms with Crippen LogP contribution in [0.4, 0.5) is 5.69 Å². The first-order chi connectivity index (χ1) is 13.4. The van der Waals surface area contributed by atoms with Crippen LogP contribution in [-0.2, 0) is 9.59 Å². The average molecular weight is 451 g/mol. The van der Waals surface area contributed by atoms with Crippen molar-refractivity contribution in [1.82, 2.24) is 14.7 Å². The molecule has 2 saturated heterocycles. The van der Waals surface area contributed by atoms with Crippen LogP contribution in [-0.4, -0.2) is 78.4 Å². The van der Waals surface area contributed by atoms with Crippen molar-refractivity contribution < 1.29 is 9.59 Å². The lowest BCUT2D eigenvalue weighted by Crippen LogP contribution is -2.54. The maximum absolute atomic E-state index is 12.7. The van der Waals surface area contributed by atoms with Crippen molar-refractivity contribution in [3.05, 3.63) is 28.2 Å². The largest absolute Gasteiger partial charge is 0.342 e. The van der Waals surface area contributed by atoms with Crippen molar-refractivity contribution >= 4 is 33.4 Å². The third kappa shape index (κ3) is 5.55. The Balaban J connectivity index is 1.45. The van der Waals surface area contributed by atoms with Gasteiger partial charge in [-0.05, 0) is 66.7 Å². The Labute approximate surface area is 176 Å². The van der Waals surface area contributed by atoms with Crippen LogP contribution in [0.3, 0.4) is 0 Å². The molecule has 0 radical (unpaired) electrons. The second-order valence-electron chi connectivity index (χ2n) is 7.90. The Hall–Kier alpha value is -1.44. The summed E-state index contributed by atoms with van der Waals surface area (Å²) >= 11 is 3.51. The van der Waals surface area contributed by atoms with Crippen molar-refractivity contribution in [1.29, 1.82) is 0 Å². The number of rotatable bonds is 5. The topological polar surface area (TPSA) is 55.9 Å². The lowest BCUT2D eigenvalue weighted by atomic mass is 10.1. The minimum Gasteiger partial charge on any atom is -0.342 e. The predicted molar refractivity (Wildman–Crippen MR) is 115 cm³/mol. The van der Waals surface area contributed by atoms with Gasteiger partial charge in [0.1, 0.15) is 0 Å². The van der Waals surface area contributed by atoms with E-state index in [9.17, 15) is 9.59 Å². The summed E-state index contributed by atoms with van der Waals surface area (Å²) in [6.45, 7) is 9.55. The molecule has 2 fully saturated rings. The zero-order chi connectivity index (χ0) is 20.1. The second-order valence-corrected chi connectivity index (χ2v) is 8.76. The van der Waals surface area contributed by atoms with Gasteiger partial charge in [-0.1, -0.05) is 6.07 Å². The Morgan fingerprint density at radius 1 is 1.07 bits per heavy atom. The lowest BCUT2D eigenvalue weighted by molar-refractivity contribution is -0.134. The molecule has 154 valence electrons. The maximum Gasteiger partial charge on any atom is 0.241 e. The van der Waals surface area contributed by atoms with Crippen LogP contribution in [0.1, 0.15) is 31.7 Å². The highest BCUT2D eigenvalue weighted by Crippen LogP contribution is 2.24. The normalized spacial score (nSPS) is 20.0. The molecule has 2 heterocycles. The number of hydrogen-bond donors (Lipinski definition) is 1. The summed E-state index contributed by atoms with van der Waals surface area (Å²) in [5.41, 5.74) is 1.95. The van der Waals surface area contributed by atoms with Crippen LogP contribution in [0.5, 0.6) is 0 Å². The summed E-state index contributed by atoms with van der Waals surface area (Å²) in [7, 11) is 0. The number of amides is 2. The minimum absolute atomic E-state index is 0.00222. The summed E-state index contributed by atoms with van der Waals surface area (Å²) in [6, 6.07) is 5.71. The second kappa shape index (κ2) is 9.85. The molecule has 0 aromatic heterocycles. The van der Waals surface area contributed by atoms with E-state index in [1.807, 2.05) is 36.9 Å². The van der Waals surface area contributed by atoms with E-state index in [2.05, 4.69) is 31.0 Å².